The fraction of sp³-hybridized carbons (Fsp3) is 0.333. The molecule has 1 amide bonds. The van der Waals surface area contributed by atoms with E-state index in [1.807, 2.05) is 36.7 Å². The van der Waals surface area contributed by atoms with Crippen molar-refractivity contribution in [2.45, 2.75) is 36.6 Å². The zero-order valence-corrected chi connectivity index (χ0v) is 25.4. The maximum absolute atomic E-state index is 13.6. The van der Waals surface area contributed by atoms with Crippen LogP contribution in [0.4, 0.5) is 5.69 Å². The average Bonchev–Trinajstić information content (AvgIpc) is 3.53. The van der Waals surface area contributed by atoms with Gasteiger partial charge in [0.1, 0.15) is 5.75 Å². The number of rotatable bonds is 11. The summed E-state index contributed by atoms with van der Waals surface area (Å²) in [5.74, 6) is 2.08. The van der Waals surface area contributed by atoms with Crippen LogP contribution >= 0.6 is 0 Å². The number of sulfonamides is 1. The van der Waals surface area contributed by atoms with Crippen molar-refractivity contribution in [1.82, 2.24) is 15.0 Å². The first kappa shape index (κ1) is 29.7. The van der Waals surface area contributed by atoms with Gasteiger partial charge in [0.2, 0.25) is 22.7 Å². The van der Waals surface area contributed by atoms with Crippen molar-refractivity contribution in [1.29, 1.82) is 0 Å². The summed E-state index contributed by atoms with van der Waals surface area (Å²) in [5.41, 5.74) is 1.80. The monoisotopic (exact) mass is 616 g/mol. The van der Waals surface area contributed by atoms with Gasteiger partial charge in [-0.3, -0.25) is 9.78 Å². The minimum Gasteiger partial charge on any atom is -0.497 e. The van der Waals surface area contributed by atoms with E-state index < -0.39 is 16.1 Å². The van der Waals surface area contributed by atoms with Crippen LogP contribution < -0.4 is 29.1 Å². The predicted molar refractivity (Wildman–Crippen MR) is 168 cm³/mol. The minimum atomic E-state index is -3.98. The van der Waals surface area contributed by atoms with Gasteiger partial charge in [0.15, 0.2) is 11.5 Å². The van der Waals surface area contributed by atoms with Crippen LogP contribution in [0.1, 0.15) is 37.3 Å². The van der Waals surface area contributed by atoms with Crippen molar-refractivity contribution in [3.63, 3.8) is 0 Å². The first-order valence-electron chi connectivity index (χ1n) is 14.8. The molecule has 0 spiro atoms. The Kier molecular flexibility index (Phi) is 8.85. The summed E-state index contributed by atoms with van der Waals surface area (Å²) in [5, 5.41) is 4.64. The summed E-state index contributed by atoms with van der Waals surface area (Å²) in [4.78, 5) is 19.7. The molecule has 44 heavy (non-hydrogen) atoms. The van der Waals surface area contributed by atoms with Gasteiger partial charge in [-0.2, -0.15) is 0 Å². The minimum absolute atomic E-state index is 0.0653. The van der Waals surface area contributed by atoms with Gasteiger partial charge in [-0.25, -0.2) is 13.1 Å². The Morgan fingerprint density at radius 2 is 1.73 bits per heavy atom. The Labute approximate surface area is 257 Å². The average molecular weight is 617 g/mol. The van der Waals surface area contributed by atoms with Gasteiger partial charge >= 0.3 is 0 Å². The molecular formula is C33H36N4O6S. The maximum atomic E-state index is 13.6. The van der Waals surface area contributed by atoms with E-state index in [9.17, 15) is 13.2 Å². The van der Waals surface area contributed by atoms with E-state index >= 15 is 0 Å². The Bertz CT molecular complexity index is 1730. The van der Waals surface area contributed by atoms with Crippen LogP contribution in [-0.2, 0) is 14.8 Å². The van der Waals surface area contributed by atoms with Crippen LogP contribution in [0.15, 0.2) is 84.0 Å². The Morgan fingerprint density at radius 1 is 0.977 bits per heavy atom. The Balaban J connectivity index is 1.11. The lowest BCUT2D eigenvalue weighted by atomic mass is 9.93. The van der Waals surface area contributed by atoms with Gasteiger partial charge in [0.25, 0.3) is 0 Å². The molecule has 1 saturated heterocycles. The molecule has 0 aliphatic carbocycles. The highest BCUT2D eigenvalue weighted by atomic mass is 32.2. The van der Waals surface area contributed by atoms with E-state index in [1.54, 1.807) is 49.6 Å². The topological polar surface area (TPSA) is 119 Å². The number of aromatic nitrogens is 1. The van der Waals surface area contributed by atoms with Gasteiger partial charge in [-0.05, 0) is 90.0 Å². The van der Waals surface area contributed by atoms with Crippen LogP contribution in [0.2, 0.25) is 0 Å². The Hall–Kier alpha value is -4.35. The molecule has 11 heteroatoms. The van der Waals surface area contributed by atoms with Gasteiger partial charge in [-0.1, -0.05) is 18.2 Å². The summed E-state index contributed by atoms with van der Waals surface area (Å²) in [6.45, 7) is 2.57. The van der Waals surface area contributed by atoms with E-state index in [4.69, 9.17) is 14.2 Å². The third-order valence-corrected chi connectivity index (χ3v) is 9.80. The molecule has 0 radical (unpaired) electrons. The second-order valence-electron chi connectivity index (χ2n) is 11.1. The van der Waals surface area contributed by atoms with Crippen LogP contribution in [0, 0.1) is 5.92 Å². The van der Waals surface area contributed by atoms with E-state index in [2.05, 4.69) is 19.9 Å². The molecule has 0 saturated carbocycles. The van der Waals surface area contributed by atoms with E-state index in [0.717, 1.165) is 43.1 Å². The highest BCUT2D eigenvalue weighted by molar-refractivity contribution is 7.89. The zero-order chi connectivity index (χ0) is 30.5. The predicted octanol–water partition coefficient (Wildman–Crippen LogP) is 4.80. The van der Waals surface area contributed by atoms with Crippen LogP contribution in [0.25, 0.3) is 10.8 Å². The fourth-order valence-electron chi connectivity index (χ4n) is 5.82. The largest absolute Gasteiger partial charge is 0.497 e. The van der Waals surface area contributed by atoms with Crippen LogP contribution in [-0.4, -0.2) is 52.8 Å². The van der Waals surface area contributed by atoms with Crippen molar-refractivity contribution in [3.8, 4) is 17.2 Å². The van der Waals surface area contributed by atoms with Crippen LogP contribution in [0.5, 0.6) is 17.2 Å². The lowest BCUT2D eigenvalue weighted by Crippen LogP contribution is -2.36. The molecule has 2 N–H and O–H groups in total. The molecule has 2 aliphatic rings. The number of fused-ring (bicyclic) bond motifs is 2. The number of hydrogen-bond acceptors (Lipinski definition) is 8. The normalized spacial score (nSPS) is 15.7. The number of carbonyl (C=O) groups is 1. The lowest BCUT2D eigenvalue weighted by molar-refractivity contribution is -0.121. The summed E-state index contributed by atoms with van der Waals surface area (Å²) in [7, 11) is -2.39. The smallest absolute Gasteiger partial charge is 0.241 e. The Morgan fingerprint density at radius 3 is 2.52 bits per heavy atom. The highest BCUT2D eigenvalue weighted by Gasteiger charge is 2.27. The SMILES string of the molecule is COc1ccc2cc(S(=O)(=O)N[C@H](CC(=O)NCCC3CCN(c4ccncc4)CC3)c3ccc4c(c3)OCO4)ccc2c1. The molecule has 1 atom stereocenters. The standard InChI is InChI=1S/C33H36N4O6S/c1-41-28-5-2-25-19-29(6-3-24(25)18-28)44(39,40)36-30(26-4-7-31-32(20-26)43-22-42-31)21-33(38)35-15-8-23-11-16-37(17-12-23)27-9-13-34-14-10-27/h2-7,9-10,13-14,18-20,23,30,36H,8,11-12,15-17,21-22H2,1H3,(H,35,38)/t30-/m1/s1. The third-order valence-electron chi connectivity index (χ3n) is 8.33. The summed E-state index contributed by atoms with van der Waals surface area (Å²) < 4.78 is 46.2. The first-order chi connectivity index (χ1) is 21.4. The molecule has 0 bridgehead atoms. The van der Waals surface area contributed by atoms with Crippen LogP contribution in [0.3, 0.4) is 0 Å². The van der Waals surface area contributed by atoms with Crippen molar-refractivity contribution in [3.05, 3.63) is 84.7 Å². The van der Waals surface area contributed by atoms with Gasteiger partial charge in [-0.15, -0.1) is 0 Å². The van der Waals surface area contributed by atoms with Crippen molar-refractivity contribution in [2.75, 3.05) is 38.4 Å². The third kappa shape index (κ3) is 6.89. The highest BCUT2D eigenvalue weighted by Crippen LogP contribution is 2.35. The number of ether oxygens (including phenoxy) is 3. The number of anilines is 1. The molecule has 2 aliphatic heterocycles. The molecule has 10 nitrogen and oxygen atoms in total. The molecule has 3 aromatic carbocycles. The number of methoxy groups -OCH3 is 1. The number of piperidine rings is 1. The van der Waals surface area contributed by atoms with E-state index in [0.29, 0.717) is 35.3 Å². The number of hydrogen-bond donors (Lipinski definition) is 2. The van der Waals surface area contributed by atoms with Gasteiger partial charge in [0, 0.05) is 44.1 Å². The second-order valence-corrected chi connectivity index (χ2v) is 12.9. The first-order valence-corrected chi connectivity index (χ1v) is 16.3. The number of benzene rings is 3. The zero-order valence-electron chi connectivity index (χ0n) is 24.6. The molecule has 0 unspecified atom stereocenters. The number of nitrogens with one attached hydrogen (secondary N) is 2. The number of carbonyl (C=O) groups excluding carboxylic acids is 1. The molecule has 230 valence electrons. The fourth-order valence-corrected chi connectivity index (χ4v) is 7.08. The summed E-state index contributed by atoms with van der Waals surface area (Å²) in [6, 6.07) is 18.8. The molecule has 1 aromatic heterocycles. The molecule has 1 fully saturated rings. The van der Waals surface area contributed by atoms with Crippen molar-refractivity contribution >= 4 is 32.4 Å². The van der Waals surface area contributed by atoms with Crippen molar-refractivity contribution < 1.29 is 27.4 Å². The lowest BCUT2D eigenvalue weighted by Gasteiger charge is -2.33. The number of amides is 1. The molecule has 6 rings (SSSR count). The number of nitrogens with zero attached hydrogens (tertiary/aromatic N) is 2. The number of pyridine rings is 1. The van der Waals surface area contributed by atoms with Gasteiger partial charge < -0.3 is 24.4 Å². The molecule has 3 heterocycles. The molecule has 4 aromatic rings. The maximum Gasteiger partial charge on any atom is 0.241 e. The van der Waals surface area contributed by atoms with Gasteiger partial charge in [0.05, 0.1) is 18.0 Å². The van der Waals surface area contributed by atoms with E-state index in [1.165, 1.54) is 5.69 Å². The van der Waals surface area contributed by atoms with Crippen molar-refractivity contribution in [2.24, 2.45) is 5.92 Å². The quantitative estimate of drug-likeness (QED) is 0.247. The van der Waals surface area contributed by atoms with E-state index in [-0.39, 0.29) is 24.0 Å². The summed E-state index contributed by atoms with van der Waals surface area (Å²) >= 11 is 0. The second kappa shape index (κ2) is 13.1. The molecular weight excluding hydrogens is 580 g/mol. The summed E-state index contributed by atoms with van der Waals surface area (Å²) in [6.07, 6.45) is 6.54.